The summed E-state index contributed by atoms with van der Waals surface area (Å²) in [7, 11) is 4.01. The van der Waals surface area contributed by atoms with Crippen molar-refractivity contribution >= 4 is 23.2 Å². The van der Waals surface area contributed by atoms with Gasteiger partial charge in [-0.3, -0.25) is 4.79 Å². The van der Waals surface area contributed by atoms with Crippen LogP contribution in [0.4, 0.5) is 5.69 Å². The molecular weight excluding hydrogens is 250 g/mol. The van der Waals surface area contributed by atoms with Crippen LogP contribution in [-0.2, 0) is 0 Å². The third-order valence-electron chi connectivity index (χ3n) is 2.65. The first-order valence-corrected chi connectivity index (χ1v) is 6.28. The fraction of sp³-hybridized carbons (Fsp3) is 0.462. The van der Waals surface area contributed by atoms with Gasteiger partial charge >= 0.3 is 0 Å². The number of hydrogen-bond donors (Lipinski definition) is 2. The third-order valence-corrected chi connectivity index (χ3v) is 2.88. The average molecular weight is 270 g/mol. The van der Waals surface area contributed by atoms with E-state index < -0.39 is 0 Å². The van der Waals surface area contributed by atoms with Crippen molar-refractivity contribution in [3.63, 3.8) is 0 Å². The third kappa shape index (κ3) is 4.55. The van der Waals surface area contributed by atoms with Crippen LogP contribution in [0.5, 0.6) is 0 Å². The maximum absolute atomic E-state index is 12.0. The van der Waals surface area contributed by atoms with Gasteiger partial charge in [-0.1, -0.05) is 11.6 Å². The van der Waals surface area contributed by atoms with E-state index in [9.17, 15) is 4.79 Å². The molecule has 1 rings (SSSR count). The molecule has 0 spiro atoms. The van der Waals surface area contributed by atoms with E-state index in [4.69, 9.17) is 17.3 Å². The number of amides is 1. The number of rotatable bonds is 5. The molecule has 3 N–H and O–H groups in total. The number of halogens is 1. The lowest BCUT2D eigenvalue weighted by atomic mass is 10.1. The van der Waals surface area contributed by atoms with Crippen molar-refractivity contribution in [3.05, 3.63) is 28.8 Å². The highest BCUT2D eigenvalue weighted by atomic mass is 35.5. The summed E-state index contributed by atoms with van der Waals surface area (Å²) in [6.45, 7) is 2.90. The smallest absolute Gasteiger partial charge is 0.253 e. The molecule has 4 nitrogen and oxygen atoms in total. The first-order chi connectivity index (χ1) is 8.40. The summed E-state index contributed by atoms with van der Waals surface area (Å²) in [4.78, 5) is 14.1. The monoisotopic (exact) mass is 269 g/mol. The highest BCUT2D eigenvalue weighted by Crippen LogP contribution is 2.17. The fourth-order valence-corrected chi connectivity index (χ4v) is 1.72. The van der Waals surface area contributed by atoms with E-state index in [0.717, 1.165) is 13.0 Å². The molecule has 1 atom stereocenters. The predicted molar refractivity (Wildman–Crippen MR) is 76.0 cm³/mol. The predicted octanol–water partition coefficient (Wildman–Crippen LogP) is 1.99. The Morgan fingerprint density at radius 1 is 1.50 bits per heavy atom. The number of nitrogens with one attached hydrogen (secondary N) is 1. The maximum atomic E-state index is 12.0. The van der Waals surface area contributed by atoms with E-state index in [0.29, 0.717) is 16.3 Å². The summed E-state index contributed by atoms with van der Waals surface area (Å²) in [6, 6.07) is 4.99. The van der Waals surface area contributed by atoms with E-state index in [1.165, 1.54) is 0 Å². The Balaban J connectivity index is 2.62. The lowest BCUT2D eigenvalue weighted by Crippen LogP contribution is -2.35. The van der Waals surface area contributed by atoms with Gasteiger partial charge in [-0.05, 0) is 52.2 Å². The highest BCUT2D eigenvalue weighted by molar-refractivity contribution is 6.31. The van der Waals surface area contributed by atoms with Crippen LogP contribution in [-0.4, -0.2) is 37.5 Å². The minimum atomic E-state index is -0.179. The number of anilines is 1. The van der Waals surface area contributed by atoms with E-state index >= 15 is 0 Å². The van der Waals surface area contributed by atoms with Gasteiger partial charge < -0.3 is 16.0 Å². The van der Waals surface area contributed by atoms with Gasteiger partial charge in [0.15, 0.2) is 0 Å². The number of carbonyl (C=O) groups excluding carboxylic acids is 1. The standard InChI is InChI=1S/C13H20ClN3O/c1-9(6-7-17(2)3)16-13(18)11-8-10(14)4-5-12(11)15/h4-5,8-9H,6-7,15H2,1-3H3,(H,16,18). The van der Waals surface area contributed by atoms with Gasteiger partial charge in [-0.15, -0.1) is 0 Å². The zero-order valence-corrected chi connectivity index (χ0v) is 11.8. The topological polar surface area (TPSA) is 58.4 Å². The second-order valence-corrected chi connectivity index (χ2v) is 5.13. The van der Waals surface area contributed by atoms with Crippen molar-refractivity contribution in [2.45, 2.75) is 19.4 Å². The molecule has 1 aromatic rings. The molecule has 0 aliphatic carbocycles. The molecule has 0 saturated heterocycles. The van der Waals surface area contributed by atoms with Crippen molar-refractivity contribution in [1.82, 2.24) is 10.2 Å². The molecule has 0 radical (unpaired) electrons. The van der Waals surface area contributed by atoms with Crippen LogP contribution in [0.15, 0.2) is 18.2 Å². The second kappa shape index (κ2) is 6.61. The molecule has 0 aliphatic heterocycles. The molecule has 0 heterocycles. The number of nitrogens with two attached hydrogens (primary N) is 1. The highest BCUT2D eigenvalue weighted by Gasteiger charge is 2.13. The first kappa shape index (κ1) is 14.8. The van der Waals surface area contributed by atoms with Crippen LogP contribution in [0.25, 0.3) is 0 Å². The summed E-state index contributed by atoms with van der Waals surface area (Å²) in [5.74, 6) is -0.179. The van der Waals surface area contributed by atoms with Crippen LogP contribution in [0.2, 0.25) is 5.02 Å². The van der Waals surface area contributed by atoms with Crippen LogP contribution >= 0.6 is 11.6 Å². The molecule has 0 saturated carbocycles. The van der Waals surface area contributed by atoms with E-state index in [2.05, 4.69) is 10.2 Å². The normalized spacial score (nSPS) is 12.5. The number of carbonyl (C=O) groups is 1. The summed E-state index contributed by atoms with van der Waals surface area (Å²) in [6.07, 6.45) is 0.888. The van der Waals surface area contributed by atoms with Gasteiger partial charge in [0.1, 0.15) is 0 Å². The molecule has 0 aromatic heterocycles. The Morgan fingerprint density at radius 2 is 2.17 bits per heavy atom. The van der Waals surface area contributed by atoms with Crippen molar-refractivity contribution in [1.29, 1.82) is 0 Å². The number of nitrogen functional groups attached to an aromatic ring is 1. The van der Waals surface area contributed by atoms with Gasteiger partial charge in [-0.25, -0.2) is 0 Å². The molecule has 0 bridgehead atoms. The molecule has 5 heteroatoms. The number of nitrogens with zero attached hydrogens (tertiary/aromatic N) is 1. The first-order valence-electron chi connectivity index (χ1n) is 5.90. The van der Waals surface area contributed by atoms with Gasteiger partial charge in [-0.2, -0.15) is 0 Å². The number of hydrogen-bond acceptors (Lipinski definition) is 3. The Labute approximate surface area is 113 Å². The Morgan fingerprint density at radius 3 is 2.78 bits per heavy atom. The SMILES string of the molecule is CC(CCN(C)C)NC(=O)c1cc(Cl)ccc1N. The second-order valence-electron chi connectivity index (χ2n) is 4.70. The molecular formula is C13H20ClN3O. The quantitative estimate of drug-likeness (QED) is 0.804. The number of benzene rings is 1. The maximum Gasteiger partial charge on any atom is 0.253 e. The molecule has 0 fully saturated rings. The molecule has 18 heavy (non-hydrogen) atoms. The summed E-state index contributed by atoms with van der Waals surface area (Å²) < 4.78 is 0. The summed E-state index contributed by atoms with van der Waals surface area (Å²) in [5, 5.41) is 3.42. The van der Waals surface area contributed by atoms with Crippen molar-refractivity contribution in [3.8, 4) is 0 Å². The summed E-state index contributed by atoms with van der Waals surface area (Å²) in [5.41, 5.74) is 6.63. The minimum absolute atomic E-state index is 0.0956. The Bertz CT molecular complexity index is 421. The van der Waals surface area contributed by atoms with Crippen LogP contribution < -0.4 is 11.1 Å². The molecule has 1 amide bonds. The van der Waals surface area contributed by atoms with Crippen LogP contribution in [0, 0.1) is 0 Å². The van der Waals surface area contributed by atoms with Crippen LogP contribution in [0.3, 0.4) is 0 Å². The Kier molecular flexibility index (Phi) is 5.44. The molecule has 100 valence electrons. The van der Waals surface area contributed by atoms with Gasteiger partial charge in [0.05, 0.1) is 5.56 Å². The van der Waals surface area contributed by atoms with Crippen LogP contribution in [0.1, 0.15) is 23.7 Å². The summed E-state index contributed by atoms with van der Waals surface area (Å²) >= 11 is 5.86. The van der Waals surface area contributed by atoms with Crippen molar-refractivity contribution in [2.75, 3.05) is 26.4 Å². The van der Waals surface area contributed by atoms with Crippen molar-refractivity contribution < 1.29 is 4.79 Å². The zero-order valence-electron chi connectivity index (χ0n) is 11.0. The fourth-order valence-electron chi connectivity index (χ4n) is 1.55. The Hall–Kier alpha value is -1.26. The van der Waals surface area contributed by atoms with Gasteiger partial charge in [0.25, 0.3) is 5.91 Å². The minimum Gasteiger partial charge on any atom is -0.398 e. The van der Waals surface area contributed by atoms with E-state index in [1.807, 2.05) is 21.0 Å². The van der Waals surface area contributed by atoms with E-state index in [1.54, 1.807) is 18.2 Å². The van der Waals surface area contributed by atoms with Crippen molar-refractivity contribution in [2.24, 2.45) is 0 Å². The molecule has 1 unspecified atom stereocenters. The zero-order chi connectivity index (χ0) is 13.7. The van der Waals surface area contributed by atoms with E-state index in [-0.39, 0.29) is 11.9 Å². The van der Waals surface area contributed by atoms with Gasteiger partial charge in [0.2, 0.25) is 0 Å². The lowest BCUT2D eigenvalue weighted by molar-refractivity contribution is 0.0937. The average Bonchev–Trinajstić information content (AvgIpc) is 2.29. The van der Waals surface area contributed by atoms with Gasteiger partial charge in [0, 0.05) is 16.8 Å². The lowest BCUT2D eigenvalue weighted by Gasteiger charge is -2.17. The molecule has 0 aliphatic rings. The molecule has 1 aromatic carbocycles. The largest absolute Gasteiger partial charge is 0.398 e.